The molecule has 0 aromatic heterocycles. The lowest BCUT2D eigenvalue weighted by Crippen LogP contribution is -2.15. The number of methoxy groups -OCH3 is 1. The summed E-state index contributed by atoms with van der Waals surface area (Å²) < 4.78 is 4.65. The fourth-order valence-corrected chi connectivity index (χ4v) is 3.74. The number of halogens is 3. The van der Waals surface area contributed by atoms with Crippen molar-refractivity contribution in [1.29, 1.82) is 0 Å². The van der Waals surface area contributed by atoms with Crippen LogP contribution in [0.1, 0.15) is 15.9 Å². The van der Waals surface area contributed by atoms with Gasteiger partial charge in [0.2, 0.25) is 5.91 Å². The summed E-state index contributed by atoms with van der Waals surface area (Å²) in [5.41, 5.74) is 1.45. The molecule has 0 unspecified atom stereocenters. The van der Waals surface area contributed by atoms with Crippen molar-refractivity contribution < 1.29 is 14.3 Å². The molecule has 0 heterocycles. The van der Waals surface area contributed by atoms with Crippen LogP contribution in [-0.4, -0.2) is 24.7 Å². The number of amides is 1. The van der Waals surface area contributed by atoms with E-state index in [0.717, 1.165) is 5.56 Å². The molecule has 8 heteroatoms. The van der Waals surface area contributed by atoms with Gasteiger partial charge in [0.1, 0.15) is 0 Å². The molecule has 0 saturated heterocycles. The van der Waals surface area contributed by atoms with E-state index < -0.39 is 5.97 Å². The quantitative estimate of drug-likeness (QED) is 0.646. The summed E-state index contributed by atoms with van der Waals surface area (Å²) >= 11 is 19.5. The minimum atomic E-state index is -0.566. The number of carbonyl (C=O) groups excluding carboxylic acids is 2. The standard InChI is InChI=1S/C17H14Cl3NO3S/c1-24-17(23)11-7-10(5-6-15(11)20)21-16(22)9-25-8-12-13(18)3-2-4-14(12)19/h2-7H,8-9H2,1H3,(H,21,22). The number of carbonyl (C=O) groups is 2. The zero-order chi connectivity index (χ0) is 18.4. The van der Waals surface area contributed by atoms with Crippen molar-refractivity contribution in [1.82, 2.24) is 0 Å². The predicted octanol–water partition coefficient (Wildman–Crippen LogP) is 5.31. The highest BCUT2D eigenvalue weighted by Crippen LogP contribution is 2.28. The number of nitrogens with one attached hydrogen (secondary N) is 1. The van der Waals surface area contributed by atoms with Crippen molar-refractivity contribution in [3.8, 4) is 0 Å². The topological polar surface area (TPSA) is 55.4 Å². The van der Waals surface area contributed by atoms with Crippen molar-refractivity contribution in [2.24, 2.45) is 0 Å². The number of hydrogen-bond acceptors (Lipinski definition) is 4. The van der Waals surface area contributed by atoms with Gasteiger partial charge in [0.15, 0.2) is 0 Å². The Balaban J connectivity index is 1.93. The van der Waals surface area contributed by atoms with E-state index in [1.807, 2.05) is 0 Å². The van der Waals surface area contributed by atoms with Gasteiger partial charge < -0.3 is 10.1 Å². The van der Waals surface area contributed by atoms with Crippen LogP contribution in [-0.2, 0) is 15.3 Å². The van der Waals surface area contributed by atoms with Gasteiger partial charge in [-0.3, -0.25) is 4.79 Å². The first-order valence-corrected chi connectivity index (χ1v) is 9.39. The number of anilines is 1. The molecule has 1 N–H and O–H groups in total. The lowest BCUT2D eigenvalue weighted by molar-refractivity contribution is -0.113. The maximum atomic E-state index is 12.1. The number of ether oxygens (including phenoxy) is 1. The van der Waals surface area contributed by atoms with Crippen molar-refractivity contribution in [3.63, 3.8) is 0 Å². The van der Waals surface area contributed by atoms with Gasteiger partial charge >= 0.3 is 5.97 Å². The molecule has 0 aliphatic rings. The van der Waals surface area contributed by atoms with Gasteiger partial charge in [0.25, 0.3) is 0 Å². The molecular weight excluding hydrogens is 405 g/mol. The van der Waals surface area contributed by atoms with Gasteiger partial charge in [-0.15, -0.1) is 11.8 Å². The Morgan fingerprint density at radius 2 is 1.76 bits per heavy atom. The number of rotatable bonds is 6. The Labute approximate surface area is 164 Å². The van der Waals surface area contributed by atoms with Gasteiger partial charge in [0, 0.05) is 21.5 Å². The second kappa shape index (κ2) is 9.34. The van der Waals surface area contributed by atoms with Crippen molar-refractivity contribution in [2.75, 3.05) is 18.2 Å². The molecule has 2 aromatic rings. The van der Waals surface area contributed by atoms with Gasteiger partial charge in [-0.1, -0.05) is 40.9 Å². The third-order valence-corrected chi connectivity index (χ3v) is 5.19. The van der Waals surface area contributed by atoms with Gasteiger partial charge in [-0.05, 0) is 35.9 Å². The van der Waals surface area contributed by atoms with Crippen LogP contribution in [0.25, 0.3) is 0 Å². The van der Waals surface area contributed by atoms with Crippen LogP contribution >= 0.6 is 46.6 Å². The molecule has 2 rings (SSSR count). The highest BCUT2D eigenvalue weighted by atomic mass is 35.5. The molecule has 0 aliphatic heterocycles. The fraction of sp³-hybridized carbons (Fsp3) is 0.176. The largest absolute Gasteiger partial charge is 0.465 e. The summed E-state index contributed by atoms with van der Waals surface area (Å²) in [6.07, 6.45) is 0. The molecular formula is C17H14Cl3NO3S. The van der Waals surface area contributed by atoms with Gasteiger partial charge in [-0.25, -0.2) is 4.79 Å². The molecule has 4 nitrogen and oxygen atoms in total. The molecule has 0 saturated carbocycles. The summed E-state index contributed by atoms with van der Waals surface area (Å²) in [5, 5.41) is 4.11. The van der Waals surface area contributed by atoms with Crippen LogP contribution in [0.4, 0.5) is 5.69 Å². The molecule has 1 amide bonds. The molecule has 132 valence electrons. The normalized spacial score (nSPS) is 10.4. The van der Waals surface area contributed by atoms with Crippen molar-refractivity contribution in [3.05, 3.63) is 62.6 Å². The molecule has 2 aromatic carbocycles. The molecule has 0 fully saturated rings. The van der Waals surface area contributed by atoms with E-state index in [0.29, 0.717) is 21.5 Å². The first-order valence-electron chi connectivity index (χ1n) is 7.10. The zero-order valence-corrected chi connectivity index (χ0v) is 16.2. The Bertz CT molecular complexity index is 778. The van der Waals surface area contributed by atoms with E-state index in [-0.39, 0.29) is 22.2 Å². The first kappa shape index (κ1) is 19.9. The first-order chi connectivity index (χ1) is 11.9. The molecule has 0 aliphatic carbocycles. The van der Waals surface area contributed by atoms with Gasteiger partial charge in [0.05, 0.1) is 23.4 Å². The van der Waals surface area contributed by atoms with E-state index in [1.54, 1.807) is 24.3 Å². The van der Waals surface area contributed by atoms with E-state index in [1.165, 1.54) is 31.0 Å². The Hall–Kier alpha value is -1.40. The SMILES string of the molecule is COC(=O)c1cc(NC(=O)CSCc2c(Cl)cccc2Cl)ccc1Cl. The summed E-state index contributed by atoms with van der Waals surface area (Å²) in [6, 6.07) is 9.89. The molecule has 0 radical (unpaired) electrons. The summed E-state index contributed by atoms with van der Waals surface area (Å²) in [6.45, 7) is 0. The third-order valence-electron chi connectivity index (χ3n) is 3.20. The van der Waals surface area contributed by atoms with Crippen molar-refractivity contribution in [2.45, 2.75) is 5.75 Å². The molecule has 25 heavy (non-hydrogen) atoms. The lowest BCUT2D eigenvalue weighted by Gasteiger charge is -2.09. The van der Waals surface area contributed by atoms with Crippen LogP contribution in [0, 0.1) is 0 Å². The summed E-state index contributed by atoms with van der Waals surface area (Å²) in [4.78, 5) is 23.7. The average Bonchev–Trinajstić information content (AvgIpc) is 2.58. The monoisotopic (exact) mass is 417 g/mol. The van der Waals surface area contributed by atoms with Crippen LogP contribution in [0.5, 0.6) is 0 Å². The summed E-state index contributed by atoms with van der Waals surface area (Å²) in [7, 11) is 1.26. The van der Waals surface area contributed by atoms with Gasteiger partial charge in [-0.2, -0.15) is 0 Å². The number of esters is 1. The predicted molar refractivity (Wildman–Crippen MR) is 104 cm³/mol. The molecule has 0 spiro atoms. The van der Waals surface area contributed by atoms with Crippen molar-refractivity contribution >= 4 is 64.1 Å². The Kier molecular flexibility index (Phi) is 7.44. The maximum Gasteiger partial charge on any atom is 0.339 e. The number of thioether (sulfide) groups is 1. The van der Waals surface area contributed by atoms with Crippen LogP contribution < -0.4 is 5.32 Å². The van der Waals surface area contributed by atoms with Crippen LogP contribution in [0.3, 0.4) is 0 Å². The summed E-state index contributed by atoms with van der Waals surface area (Å²) in [5.74, 6) is -0.0623. The fourth-order valence-electron chi connectivity index (χ4n) is 1.98. The van der Waals surface area contributed by atoms with E-state index >= 15 is 0 Å². The minimum absolute atomic E-state index is 0.192. The zero-order valence-electron chi connectivity index (χ0n) is 13.1. The van der Waals surface area contributed by atoms with E-state index in [4.69, 9.17) is 34.8 Å². The number of hydrogen-bond donors (Lipinski definition) is 1. The lowest BCUT2D eigenvalue weighted by atomic mass is 10.2. The van der Waals surface area contributed by atoms with Crippen LogP contribution in [0.2, 0.25) is 15.1 Å². The smallest absolute Gasteiger partial charge is 0.339 e. The second-order valence-electron chi connectivity index (χ2n) is 4.93. The highest BCUT2D eigenvalue weighted by molar-refractivity contribution is 7.99. The Morgan fingerprint density at radius 1 is 1.08 bits per heavy atom. The van der Waals surface area contributed by atoms with E-state index in [9.17, 15) is 9.59 Å². The third kappa shape index (κ3) is 5.54. The number of benzene rings is 2. The van der Waals surface area contributed by atoms with Crippen LogP contribution in [0.15, 0.2) is 36.4 Å². The maximum absolute atomic E-state index is 12.1. The molecule has 0 atom stereocenters. The highest BCUT2D eigenvalue weighted by Gasteiger charge is 2.13. The Morgan fingerprint density at radius 3 is 2.40 bits per heavy atom. The second-order valence-corrected chi connectivity index (χ2v) is 7.13. The molecule has 0 bridgehead atoms. The van der Waals surface area contributed by atoms with E-state index in [2.05, 4.69) is 10.1 Å². The average molecular weight is 419 g/mol. The minimum Gasteiger partial charge on any atom is -0.465 e.